The predicted molar refractivity (Wildman–Crippen MR) is 62.1 cm³/mol. The van der Waals surface area contributed by atoms with Crippen LogP contribution in [0.15, 0.2) is 18.2 Å². The number of hydrogen-bond acceptors (Lipinski definition) is 1. The summed E-state index contributed by atoms with van der Waals surface area (Å²) in [4.78, 5) is 11.9. The summed E-state index contributed by atoms with van der Waals surface area (Å²) < 4.78 is 13.2. The molecule has 0 aromatic heterocycles. The van der Waals surface area contributed by atoms with Gasteiger partial charge < -0.3 is 0 Å². The van der Waals surface area contributed by atoms with E-state index in [0.717, 1.165) is 25.7 Å². The van der Waals surface area contributed by atoms with Crippen LogP contribution < -0.4 is 0 Å². The summed E-state index contributed by atoms with van der Waals surface area (Å²) in [6, 6.07) is 4.63. The fraction of sp³-hybridized carbons (Fsp3) is 0.462. The number of carbonyl (C=O) groups is 1. The fourth-order valence-corrected chi connectivity index (χ4v) is 2.46. The van der Waals surface area contributed by atoms with Crippen molar-refractivity contribution in [2.75, 3.05) is 0 Å². The Balaban J connectivity index is 2.08. The van der Waals surface area contributed by atoms with Crippen LogP contribution in [-0.4, -0.2) is 5.78 Å². The van der Waals surface area contributed by atoms with Gasteiger partial charge in [0.05, 0.1) is 5.02 Å². The molecule has 0 aliphatic heterocycles. The lowest BCUT2D eigenvalue weighted by Gasteiger charge is -2.09. The van der Waals surface area contributed by atoms with E-state index < -0.39 is 5.82 Å². The lowest BCUT2D eigenvalue weighted by Crippen LogP contribution is -2.13. The minimum atomic E-state index is -0.446. The molecule has 0 atom stereocenters. The highest BCUT2D eigenvalue weighted by atomic mass is 35.5. The van der Waals surface area contributed by atoms with Gasteiger partial charge in [0.25, 0.3) is 0 Å². The molecule has 3 heteroatoms. The van der Waals surface area contributed by atoms with E-state index in [1.165, 1.54) is 6.07 Å². The third-order valence-electron chi connectivity index (χ3n) is 3.21. The molecule has 2 rings (SSSR count). The van der Waals surface area contributed by atoms with Crippen LogP contribution in [0.5, 0.6) is 0 Å². The van der Waals surface area contributed by atoms with Crippen LogP contribution in [0.25, 0.3) is 0 Å². The summed E-state index contributed by atoms with van der Waals surface area (Å²) in [6.45, 7) is 0. The Hall–Kier alpha value is -0.890. The Kier molecular flexibility index (Phi) is 3.59. The lowest BCUT2D eigenvalue weighted by molar-refractivity contribution is -0.122. The third kappa shape index (κ3) is 2.43. The van der Waals surface area contributed by atoms with Crippen molar-refractivity contribution in [3.63, 3.8) is 0 Å². The molecule has 0 bridgehead atoms. The first-order valence-corrected chi connectivity index (χ1v) is 6.02. The second kappa shape index (κ2) is 4.96. The van der Waals surface area contributed by atoms with Crippen LogP contribution in [0.1, 0.15) is 31.2 Å². The van der Waals surface area contributed by atoms with Crippen LogP contribution >= 0.6 is 11.6 Å². The van der Waals surface area contributed by atoms with E-state index in [9.17, 15) is 9.18 Å². The Morgan fingerprint density at radius 2 is 2.06 bits per heavy atom. The summed E-state index contributed by atoms with van der Waals surface area (Å²) in [7, 11) is 0. The maximum atomic E-state index is 13.2. The van der Waals surface area contributed by atoms with Crippen LogP contribution in [0.2, 0.25) is 5.02 Å². The minimum Gasteiger partial charge on any atom is -0.299 e. The van der Waals surface area contributed by atoms with Crippen LogP contribution in [0, 0.1) is 11.7 Å². The van der Waals surface area contributed by atoms with Crippen molar-refractivity contribution < 1.29 is 9.18 Å². The monoisotopic (exact) mass is 240 g/mol. The molecule has 0 N–H and O–H groups in total. The van der Waals surface area contributed by atoms with E-state index in [2.05, 4.69) is 0 Å². The van der Waals surface area contributed by atoms with Crippen LogP contribution in [0.3, 0.4) is 0 Å². The van der Waals surface area contributed by atoms with Crippen molar-refractivity contribution in [2.45, 2.75) is 32.1 Å². The topological polar surface area (TPSA) is 17.1 Å². The molecule has 1 aromatic rings. The first-order chi connectivity index (χ1) is 7.68. The van der Waals surface area contributed by atoms with Gasteiger partial charge in [-0.2, -0.15) is 0 Å². The van der Waals surface area contributed by atoms with Gasteiger partial charge in [0.1, 0.15) is 11.6 Å². The van der Waals surface area contributed by atoms with Crippen LogP contribution in [0.4, 0.5) is 4.39 Å². The zero-order valence-electron chi connectivity index (χ0n) is 9.01. The Labute approximate surface area is 99.6 Å². The van der Waals surface area contributed by atoms with E-state index in [0.29, 0.717) is 5.56 Å². The zero-order chi connectivity index (χ0) is 11.5. The highest BCUT2D eigenvalue weighted by Gasteiger charge is 2.23. The number of halogens is 2. The van der Waals surface area contributed by atoms with Crippen molar-refractivity contribution in [1.82, 2.24) is 0 Å². The second-order valence-corrected chi connectivity index (χ2v) is 4.72. The Bertz CT molecular complexity index is 397. The van der Waals surface area contributed by atoms with Crippen molar-refractivity contribution in [2.24, 2.45) is 5.92 Å². The highest BCUT2D eigenvalue weighted by Crippen LogP contribution is 2.28. The van der Waals surface area contributed by atoms with Crippen molar-refractivity contribution >= 4 is 17.4 Å². The molecule has 0 spiro atoms. The molecule has 0 unspecified atom stereocenters. The number of hydrogen-bond donors (Lipinski definition) is 0. The summed E-state index contributed by atoms with van der Waals surface area (Å²) in [5.74, 6) is -0.0808. The molecule has 0 radical (unpaired) electrons. The molecule has 1 nitrogen and oxygen atoms in total. The largest absolute Gasteiger partial charge is 0.299 e. The number of Topliss-reactive ketones (excluding diaryl/α,β-unsaturated/α-hetero) is 1. The molecular formula is C13H14ClFO. The van der Waals surface area contributed by atoms with E-state index in [-0.39, 0.29) is 23.1 Å². The van der Waals surface area contributed by atoms with Gasteiger partial charge in [0, 0.05) is 12.3 Å². The quantitative estimate of drug-likeness (QED) is 0.786. The van der Waals surface area contributed by atoms with Gasteiger partial charge in [0.2, 0.25) is 0 Å². The van der Waals surface area contributed by atoms with Gasteiger partial charge >= 0.3 is 0 Å². The number of carbonyl (C=O) groups excluding carboxylic acids is 1. The molecule has 1 fully saturated rings. The van der Waals surface area contributed by atoms with Gasteiger partial charge in [-0.1, -0.05) is 36.6 Å². The summed E-state index contributed by atoms with van der Waals surface area (Å²) >= 11 is 5.82. The molecule has 86 valence electrons. The van der Waals surface area contributed by atoms with Gasteiger partial charge in [-0.05, 0) is 24.5 Å². The Morgan fingerprint density at radius 1 is 1.38 bits per heavy atom. The molecule has 1 aliphatic rings. The molecule has 0 amide bonds. The SMILES string of the molecule is O=C(Cc1cccc(F)c1Cl)C1CCCC1. The molecule has 16 heavy (non-hydrogen) atoms. The molecule has 1 aromatic carbocycles. The van der Waals surface area contributed by atoms with Crippen molar-refractivity contribution in [1.29, 1.82) is 0 Å². The van der Waals surface area contributed by atoms with Crippen LogP contribution in [-0.2, 0) is 11.2 Å². The first-order valence-electron chi connectivity index (χ1n) is 5.64. The first kappa shape index (κ1) is 11.6. The third-order valence-corrected chi connectivity index (χ3v) is 3.63. The van der Waals surface area contributed by atoms with Crippen molar-refractivity contribution in [3.05, 3.63) is 34.6 Å². The normalized spacial score (nSPS) is 16.6. The maximum absolute atomic E-state index is 13.2. The smallest absolute Gasteiger partial charge is 0.142 e. The standard InChI is InChI=1S/C13H14ClFO/c14-13-10(6-3-7-11(13)15)8-12(16)9-4-1-2-5-9/h3,6-7,9H,1-2,4-5,8H2. The van der Waals surface area contributed by atoms with Crippen molar-refractivity contribution in [3.8, 4) is 0 Å². The number of benzene rings is 1. The Morgan fingerprint density at radius 3 is 2.75 bits per heavy atom. The second-order valence-electron chi connectivity index (χ2n) is 4.34. The fourth-order valence-electron chi connectivity index (χ4n) is 2.26. The predicted octanol–water partition coefficient (Wildman–Crippen LogP) is 3.78. The highest BCUT2D eigenvalue weighted by molar-refractivity contribution is 6.31. The molecular weight excluding hydrogens is 227 g/mol. The zero-order valence-corrected chi connectivity index (χ0v) is 9.77. The molecule has 0 saturated heterocycles. The summed E-state index contributed by atoms with van der Waals surface area (Å²) in [5.41, 5.74) is 0.610. The lowest BCUT2D eigenvalue weighted by atomic mass is 9.96. The number of rotatable bonds is 3. The molecule has 0 heterocycles. The minimum absolute atomic E-state index is 0.0915. The van der Waals surface area contributed by atoms with Gasteiger partial charge in [-0.15, -0.1) is 0 Å². The molecule has 1 saturated carbocycles. The summed E-state index contributed by atoms with van der Waals surface area (Å²) in [6.07, 6.45) is 4.49. The van der Waals surface area contributed by atoms with Gasteiger partial charge in [-0.3, -0.25) is 4.79 Å². The number of ketones is 1. The molecule has 1 aliphatic carbocycles. The van der Waals surface area contributed by atoms with E-state index >= 15 is 0 Å². The van der Waals surface area contributed by atoms with E-state index in [1.54, 1.807) is 12.1 Å². The average Bonchev–Trinajstić information content (AvgIpc) is 2.78. The van der Waals surface area contributed by atoms with Gasteiger partial charge in [0.15, 0.2) is 0 Å². The van der Waals surface area contributed by atoms with E-state index in [4.69, 9.17) is 11.6 Å². The average molecular weight is 241 g/mol. The van der Waals surface area contributed by atoms with E-state index in [1.807, 2.05) is 0 Å². The maximum Gasteiger partial charge on any atom is 0.142 e. The van der Waals surface area contributed by atoms with Gasteiger partial charge in [-0.25, -0.2) is 4.39 Å². The summed E-state index contributed by atoms with van der Waals surface area (Å²) in [5, 5.41) is 0.0915.